The molecule has 29 heavy (non-hydrogen) atoms. The van der Waals surface area contributed by atoms with Crippen molar-refractivity contribution in [3.05, 3.63) is 39.2 Å². The molecule has 0 aliphatic carbocycles. The molecular formula is C20H29FIN3O3Si. The quantitative estimate of drug-likeness (QED) is 0.314. The van der Waals surface area contributed by atoms with E-state index < -0.39 is 8.41 Å². The largest absolute Gasteiger partial charge is 0.490 e. The van der Waals surface area contributed by atoms with Gasteiger partial charge in [0.1, 0.15) is 11.9 Å². The van der Waals surface area contributed by atoms with Crippen LogP contribution in [0.15, 0.2) is 24.4 Å². The van der Waals surface area contributed by atoms with E-state index in [-0.39, 0.29) is 30.3 Å². The van der Waals surface area contributed by atoms with Gasteiger partial charge in [-0.15, -0.1) is 5.10 Å². The van der Waals surface area contributed by atoms with Gasteiger partial charge >= 0.3 is 0 Å². The summed E-state index contributed by atoms with van der Waals surface area (Å²) >= 11 is 2.28. The molecule has 3 rings (SSSR count). The van der Waals surface area contributed by atoms with Crippen LogP contribution in [0.1, 0.15) is 30.7 Å². The van der Waals surface area contributed by atoms with Crippen LogP contribution < -0.4 is 4.74 Å². The Balaban J connectivity index is 1.83. The number of hydrogen-bond acceptors (Lipinski definition) is 5. The molecule has 1 aromatic carbocycles. The SMILES string of the molecule is CO[C@@H]1c2cc(I)ccc2O[C@H](C(CCn2cc(CCO)nn2)[Si](C)(C)F)[C@H]1C. The zero-order chi connectivity index (χ0) is 21.2. The number of hydrogen-bond donors (Lipinski definition) is 1. The maximum absolute atomic E-state index is 15.4. The fourth-order valence-electron chi connectivity index (χ4n) is 4.19. The van der Waals surface area contributed by atoms with Gasteiger partial charge in [-0.3, -0.25) is 4.68 Å². The van der Waals surface area contributed by atoms with Crippen molar-refractivity contribution in [2.45, 2.75) is 57.2 Å². The summed E-state index contributed by atoms with van der Waals surface area (Å²) in [5.74, 6) is 0.813. The van der Waals surface area contributed by atoms with E-state index in [9.17, 15) is 0 Å². The second-order valence-electron chi connectivity index (χ2n) is 8.19. The monoisotopic (exact) mass is 533 g/mol. The lowest BCUT2D eigenvalue weighted by atomic mass is 9.86. The van der Waals surface area contributed by atoms with E-state index in [0.29, 0.717) is 19.4 Å². The molecule has 0 saturated carbocycles. The molecule has 0 radical (unpaired) electrons. The summed E-state index contributed by atoms with van der Waals surface area (Å²) in [5, 5.41) is 17.2. The molecule has 2 heterocycles. The minimum atomic E-state index is -3.04. The summed E-state index contributed by atoms with van der Waals surface area (Å²) in [6, 6.07) is 6.05. The first-order chi connectivity index (χ1) is 13.7. The number of halogens is 2. The van der Waals surface area contributed by atoms with E-state index in [1.54, 1.807) is 24.9 Å². The molecule has 4 atom stereocenters. The summed E-state index contributed by atoms with van der Waals surface area (Å²) in [6.07, 6.45) is 2.52. The Morgan fingerprint density at radius 1 is 1.41 bits per heavy atom. The van der Waals surface area contributed by atoms with E-state index in [0.717, 1.165) is 20.6 Å². The molecule has 0 amide bonds. The van der Waals surface area contributed by atoms with Crippen molar-refractivity contribution in [1.29, 1.82) is 0 Å². The summed E-state index contributed by atoms with van der Waals surface area (Å²) in [7, 11) is -1.33. The lowest BCUT2D eigenvalue weighted by Crippen LogP contribution is -2.46. The summed E-state index contributed by atoms with van der Waals surface area (Å²) in [4.78, 5) is 0. The molecule has 0 saturated heterocycles. The molecule has 1 unspecified atom stereocenters. The maximum Gasteiger partial charge on any atom is 0.247 e. The number of methoxy groups -OCH3 is 1. The molecule has 1 aliphatic heterocycles. The van der Waals surface area contributed by atoms with Crippen LogP contribution in [0.25, 0.3) is 0 Å². The lowest BCUT2D eigenvalue weighted by Gasteiger charge is -2.43. The minimum absolute atomic E-state index is 0.0268. The first-order valence-electron chi connectivity index (χ1n) is 9.92. The van der Waals surface area contributed by atoms with Crippen molar-refractivity contribution in [2.75, 3.05) is 13.7 Å². The van der Waals surface area contributed by atoms with Crippen LogP contribution in [0.4, 0.5) is 4.11 Å². The van der Waals surface area contributed by atoms with Crippen LogP contribution in [-0.2, 0) is 17.7 Å². The Morgan fingerprint density at radius 2 is 2.17 bits per heavy atom. The average Bonchev–Trinajstić information content (AvgIpc) is 3.09. The molecular weight excluding hydrogens is 504 g/mol. The number of aliphatic hydroxyl groups excluding tert-OH is 1. The topological polar surface area (TPSA) is 69.4 Å². The van der Waals surface area contributed by atoms with Gasteiger partial charge < -0.3 is 18.7 Å². The van der Waals surface area contributed by atoms with Crippen LogP contribution in [0.3, 0.4) is 0 Å². The first-order valence-corrected chi connectivity index (χ1v) is 14.0. The Bertz CT molecular complexity index is 830. The van der Waals surface area contributed by atoms with Crippen molar-refractivity contribution >= 4 is 31.0 Å². The number of fused-ring (bicyclic) bond motifs is 1. The van der Waals surface area contributed by atoms with E-state index in [1.165, 1.54) is 0 Å². The molecule has 1 N–H and O–H groups in total. The second-order valence-corrected chi connectivity index (χ2v) is 13.3. The fraction of sp³-hybridized carbons (Fsp3) is 0.600. The zero-order valence-electron chi connectivity index (χ0n) is 17.3. The van der Waals surface area contributed by atoms with Crippen LogP contribution in [-0.4, -0.2) is 48.3 Å². The zero-order valence-corrected chi connectivity index (χ0v) is 20.5. The van der Waals surface area contributed by atoms with E-state index >= 15 is 4.11 Å². The Kier molecular flexibility index (Phi) is 7.34. The number of aliphatic hydroxyl groups is 1. The van der Waals surface area contributed by atoms with Crippen molar-refractivity contribution in [3.8, 4) is 5.75 Å². The number of ether oxygens (including phenoxy) is 2. The van der Waals surface area contributed by atoms with Gasteiger partial charge in [-0.05, 0) is 60.3 Å². The Labute approximate surface area is 186 Å². The normalized spacial score (nSPS) is 22.8. The highest BCUT2D eigenvalue weighted by atomic mass is 127. The highest BCUT2D eigenvalue weighted by molar-refractivity contribution is 14.1. The molecule has 160 valence electrons. The van der Waals surface area contributed by atoms with Crippen molar-refractivity contribution in [1.82, 2.24) is 15.0 Å². The fourth-order valence-corrected chi connectivity index (χ4v) is 6.68. The Morgan fingerprint density at radius 3 is 2.83 bits per heavy atom. The van der Waals surface area contributed by atoms with Crippen LogP contribution in [0.5, 0.6) is 5.75 Å². The van der Waals surface area contributed by atoms with Gasteiger partial charge in [-0.25, -0.2) is 0 Å². The molecule has 0 bridgehead atoms. The van der Waals surface area contributed by atoms with Gasteiger partial charge in [0.2, 0.25) is 8.41 Å². The number of nitrogens with zero attached hydrogens (tertiary/aromatic N) is 3. The molecule has 1 aromatic heterocycles. The summed E-state index contributed by atoms with van der Waals surface area (Å²) < 4.78 is 30.5. The van der Waals surface area contributed by atoms with Crippen molar-refractivity contribution in [3.63, 3.8) is 0 Å². The molecule has 1 aliphatic rings. The predicted octanol–water partition coefficient (Wildman–Crippen LogP) is 4.14. The van der Waals surface area contributed by atoms with Crippen molar-refractivity contribution < 1.29 is 18.7 Å². The number of benzene rings is 1. The minimum Gasteiger partial charge on any atom is -0.490 e. The standard InChI is InChI=1S/C20H29FIN3O3Si/c1-13-19(27-2)16-11-14(22)5-6-17(16)28-20(13)18(29(3,4)21)7-9-25-12-15(8-10-26)23-24-25/h5-6,11-13,18-20,26H,7-10H2,1-4H3/t13-,18?,19-,20-/m0/s1. The third kappa shape index (κ3) is 5.18. The lowest BCUT2D eigenvalue weighted by molar-refractivity contribution is -0.0243. The molecule has 6 nitrogen and oxygen atoms in total. The van der Waals surface area contributed by atoms with Crippen molar-refractivity contribution in [2.24, 2.45) is 5.92 Å². The van der Waals surface area contributed by atoms with E-state index in [4.69, 9.17) is 14.6 Å². The number of aryl methyl sites for hydroxylation is 1. The summed E-state index contributed by atoms with van der Waals surface area (Å²) in [5.41, 5.74) is 1.56. The average molecular weight is 533 g/mol. The predicted molar refractivity (Wildman–Crippen MR) is 120 cm³/mol. The van der Waals surface area contributed by atoms with Gasteiger partial charge in [-0.1, -0.05) is 12.1 Å². The number of rotatable bonds is 8. The van der Waals surface area contributed by atoms with Crippen LogP contribution in [0, 0.1) is 9.49 Å². The Hall–Kier alpha value is -1.04. The highest BCUT2D eigenvalue weighted by Gasteiger charge is 2.47. The molecule has 0 fully saturated rings. The third-order valence-corrected chi connectivity index (χ3v) is 8.74. The smallest absolute Gasteiger partial charge is 0.247 e. The van der Waals surface area contributed by atoms with Crippen LogP contribution >= 0.6 is 22.6 Å². The van der Waals surface area contributed by atoms with Gasteiger partial charge in [0, 0.05) is 53.5 Å². The highest BCUT2D eigenvalue weighted by Crippen LogP contribution is 2.47. The third-order valence-electron chi connectivity index (χ3n) is 5.69. The number of aromatic nitrogens is 3. The second kappa shape index (κ2) is 9.40. The first kappa shape index (κ1) is 22.6. The maximum atomic E-state index is 15.4. The van der Waals surface area contributed by atoms with E-state index in [1.807, 2.05) is 18.3 Å². The summed E-state index contributed by atoms with van der Waals surface area (Å²) in [6.45, 7) is 6.18. The van der Waals surface area contributed by atoms with Gasteiger partial charge in [0.05, 0.1) is 11.8 Å². The van der Waals surface area contributed by atoms with Gasteiger partial charge in [0.15, 0.2) is 0 Å². The van der Waals surface area contributed by atoms with E-state index in [2.05, 4.69) is 45.9 Å². The van der Waals surface area contributed by atoms with Gasteiger partial charge in [0.25, 0.3) is 0 Å². The molecule has 2 aromatic rings. The molecule has 0 spiro atoms. The van der Waals surface area contributed by atoms with Crippen LogP contribution in [0.2, 0.25) is 18.6 Å². The molecule has 9 heteroatoms. The van der Waals surface area contributed by atoms with Gasteiger partial charge in [-0.2, -0.15) is 0 Å².